The van der Waals surface area contributed by atoms with Crippen molar-refractivity contribution in [2.24, 2.45) is 0 Å². The van der Waals surface area contributed by atoms with Crippen LogP contribution in [0.15, 0.2) is 24.3 Å². The summed E-state index contributed by atoms with van der Waals surface area (Å²) in [5.41, 5.74) is 0.464. The molecule has 6 heteroatoms. The minimum absolute atomic E-state index is 0.00292. The van der Waals surface area contributed by atoms with Crippen LogP contribution in [0.25, 0.3) is 0 Å². The van der Waals surface area contributed by atoms with E-state index in [2.05, 4.69) is 5.32 Å². The van der Waals surface area contributed by atoms with Gasteiger partial charge in [0.15, 0.2) is 16.4 Å². The van der Waals surface area contributed by atoms with Crippen LogP contribution in [0.4, 0.5) is 0 Å². The molecule has 0 radical (unpaired) electrons. The van der Waals surface area contributed by atoms with E-state index in [9.17, 15) is 13.2 Å². The van der Waals surface area contributed by atoms with Crippen LogP contribution >= 0.6 is 0 Å². The van der Waals surface area contributed by atoms with Crippen LogP contribution < -0.4 is 10.1 Å². The Morgan fingerprint density at radius 3 is 2.81 bits per heavy atom. The molecular formula is C15H21NO4S. The van der Waals surface area contributed by atoms with Crippen LogP contribution in [0.3, 0.4) is 0 Å². The largest absolute Gasteiger partial charge is 0.484 e. The molecule has 1 aromatic rings. The zero-order valence-electron chi connectivity index (χ0n) is 12.4. The number of nitrogens with one attached hydrogen (secondary N) is 1. The van der Waals surface area contributed by atoms with Crippen LogP contribution in [-0.4, -0.2) is 38.0 Å². The van der Waals surface area contributed by atoms with Crippen LogP contribution in [0, 0.1) is 0 Å². The molecule has 0 bridgehead atoms. The first-order chi connectivity index (χ1) is 9.82. The lowest BCUT2D eigenvalue weighted by molar-refractivity contribution is -0.124. The average molecular weight is 311 g/mol. The Balaban J connectivity index is 1.88. The molecule has 1 N–H and O–H groups in total. The van der Waals surface area contributed by atoms with Crippen molar-refractivity contribution in [2.45, 2.75) is 32.2 Å². The van der Waals surface area contributed by atoms with Gasteiger partial charge in [0, 0.05) is 0 Å². The van der Waals surface area contributed by atoms with Gasteiger partial charge in [-0.15, -0.1) is 0 Å². The van der Waals surface area contributed by atoms with Crippen LogP contribution in [-0.2, 0) is 21.1 Å². The van der Waals surface area contributed by atoms with Crippen LogP contribution in [0.5, 0.6) is 5.75 Å². The minimum atomic E-state index is -3.03. The summed E-state index contributed by atoms with van der Waals surface area (Å²) in [4.78, 5) is 11.9. The normalized spacial score (nSPS) is 23.7. The SMILES string of the molecule is CCc1cccc(OCC(=O)N[C@@]2(C)CCS(=O)(=O)C2)c1. The van der Waals surface area contributed by atoms with Gasteiger partial charge in [-0.1, -0.05) is 19.1 Å². The van der Waals surface area contributed by atoms with Gasteiger partial charge in [0.1, 0.15) is 5.75 Å². The van der Waals surface area contributed by atoms with Gasteiger partial charge in [-0.3, -0.25) is 4.79 Å². The third-order valence-electron chi connectivity index (χ3n) is 3.62. The number of rotatable bonds is 5. The maximum Gasteiger partial charge on any atom is 0.258 e. The Labute approximate surface area is 125 Å². The Hall–Kier alpha value is -1.56. The summed E-state index contributed by atoms with van der Waals surface area (Å²) >= 11 is 0. The highest BCUT2D eigenvalue weighted by Gasteiger charge is 2.39. The average Bonchev–Trinajstić information content (AvgIpc) is 2.70. The van der Waals surface area contributed by atoms with Crippen LogP contribution in [0.1, 0.15) is 25.8 Å². The molecule has 0 aliphatic carbocycles. The van der Waals surface area contributed by atoms with Gasteiger partial charge < -0.3 is 10.1 Å². The highest BCUT2D eigenvalue weighted by atomic mass is 32.2. The molecule has 1 heterocycles. The van der Waals surface area contributed by atoms with Gasteiger partial charge in [0.05, 0.1) is 17.0 Å². The molecule has 116 valence electrons. The molecule has 1 atom stereocenters. The smallest absolute Gasteiger partial charge is 0.258 e. The first-order valence-corrected chi connectivity index (χ1v) is 8.87. The van der Waals surface area contributed by atoms with Crippen molar-refractivity contribution >= 4 is 15.7 Å². The predicted octanol–water partition coefficient (Wildman–Crippen LogP) is 1.32. The molecule has 1 saturated heterocycles. The van der Waals surface area contributed by atoms with Crippen molar-refractivity contribution < 1.29 is 17.9 Å². The Morgan fingerprint density at radius 1 is 1.43 bits per heavy atom. The van der Waals surface area contributed by atoms with Gasteiger partial charge >= 0.3 is 0 Å². The van der Waals surface area contributed by atoms with E-state index in [-0.39, 0.29) is 24.0 Å². The standard InChI is InChI=1S/C15H21NO4S/c1-3-12-5-4-6-13(9-12)20-10-14(17)16-15(2)7-8-21(18,19)11-15/h4-6,9H,3,7-8,10-11H2,1-2H3,(H,16,17)/t15-/m0/s1. The van der Waals surface area contributed by atoms with E-state index < -0.39 is 15.4 Å². The number of aryl methyl sites for hydroxylation is 1. The molecule has 1 aromatic carbocycles. The van der Waals surface area contributed by atoms with Gasteiger partial charge in [0.2, 0.25) is 0 Å². The molecule has 0 unspecified atom stereocenters. The van der Waals surface area contributed by atoms with Gasteiger partial charge in [0.25, 0.3) is 5.91 Å². The third-order valence-corrected chi connectivity index (χ3v) is 5.52. The van der Waals surface area contributed by atoms with Crippen molar-refractivity contribution in [3.8, 4) is 5.75 Å². The molecule has 1 fully saturated rings. The second-order valence-corrected chi connectivity index (χ2v) is 7.92. The molecule has 1 aliphatic heterocycles. The maximum atomic E-state index is 11.9. The van der Waals surface area contributed by atoms with E-state index in [0.29, 0.717) is 12.2 Å². The Bertz CT molecular complexity index is 626. The van der Waals surface area contributed by atoms with Crippen molar-refractivity contribution in [1.29, 1.82) is 0 Å². The molecule has 1 amide bonds. The topological polar surface area (TPSA) is 72.5 Å². The number of hydrogen-bond acceptors (Lipinski definition) is 4. The number of amides is 1. The maximum absolute atomic E-state index is 11.9. The predicted molar refractivity (Wildman–Crippen MR) is 81.1 cm³/mol. The molecule has 1 aliphatic rings. The minimum Gasteiger partial charge on any atom is -0.484 e. The van der Waals surface area contributed by atoms with E-state index >= 15 is 0 Å². The second kappa shape index (κ2) is 6.05. The molecule has 0 aromatic heterocycles. The summed E-state index contributed by atoms with van der Waals surface area (Å²) in [6.07, 6.45) is 1.35. The third kappa shape index (κ3) is 4.46. The fourth-order valence-corrected chi connectivity index (χ4v) is 4.58. The second-order valence-electron chi connectivity index (χ2n) is 5.74. The summed E-state index contributed by atoms with van der Waals surface area (Å²) in [7, 11) is -3.03. The Morgan fingerprint density at radius 2 is 2.19 bits per heavy atom. The number of carbonyl (C=O) groups is 1. The lowest BCUT2D eigenvalue weighted by atomic mass is 10.0. The van der Waals surface area contributed by atoms with E-state index in [1.54, 1.807) is 13.0 Å². The molecule has 2 rings (SSSR count). The number of hydrogen-bond donors (Lipinski definition) is 1. The Kier molecular flexibility index (Phi) is 4.56. The van der Waals surface area contributed by atoms with Crippen molar-refractivity contribution in [3.05, 3.63) is 29.8 Å². The van der Waals surface area contributed by atoms with Gasteiger partial charge in [-0.05, 0) is 37.5 Å². The summed E-state index contributed by atoms with van der Waals surface area (Å²) in [5.74, 6) is 0.477. The van der Waals surface area contributed by atoms with E-state index in [1.807, 2.05) is 25.1 Å². The van der Waals surface area contributed by atoms with Gasteiger partial charge in [-0.25, -0.2) is 8.42 Å². The number of benzene rings is 1. The summed E-state index contributed by atoms with van der Waals surface area (Å²) in [6.45, 7) is 3.70. The summed E-state index contributed by atoms with van der Waals surface area (Å²) in [5, 5.41) is 2.77. The molecule has 21 heavy (non-hydrogen) atoms. The number of carbonyl (C=O) groups excluding carboxylic acids is 1. The van der Waals surface area contributed by atoms with Crippen LogP contribution in [0.2, 0.25) is 0 Å². The lowest BCUT2D eigenvalue weighted by Crippen LogP contribution is -2.48. The highest BCUT2D eigenvalue weighted by molar-refractivity contribution is 7.91. The fraction of sp³-hybridized carbons (Fsp3) is 0.533. The van der Waals surface area contributed by atoms with E-state index in [4.69, 9.17) is 4.74 Å². The van der Waals surface area contributed by atoms with Crippen molar-refractivity contribution in [3.63, 3.8) is 0 Å². The monoisotopic (exact) mass is 311 g/mol. The molecule has 0 spiro atoms. The molecular weight excluding hydrogens is 290 g/mol. The number of sulfone groups is 1. The highest BCUT2D eigenvalue weighted by Crippen LogP contribution is 2.22. The fourth-order valence-electron chi connectivity index (χ4n) is 2.49. The molecule has 5 nitrogen and oxygen atoms in total. The quantitative estimate of drug-likeness (QED) is 0.890. The van der Waals surface area contributed by atoms with E-state index in [1.165, 1.54) is 0 Å². The van der Waals surface area contributed by atoms with Crippen molar-refractivity contribution in [1.82, 2.24) is 5.32 Å². The zero-order chi connectivity index (χ0) is 15.5. The summed E-state index contributed by atoms with van der Waals surface area (Å²) < 4.78 is 28.4. The number of ether oxygens (including phenoxy) is 1. The first-order valence-electron chi connectivity index (χ1n) is 7.05. The first kappa shape index (κ1) is 15.8. The van der Waals surface area contributed by atoms with Gasteiger partial charge in [-0.2, -0.15) is 0 Å². The lowest BCUT2D eigenvalue weighted by Gasteiger charge is -2.23. The van der Waals surface area contributed by atoms with E-state index in [0.717, 1.165) is 12.0 Å². The van der Waals surface area contributed by atoms with Crippen molar-refractivity contribution in [2.75, 3.05) is 18.1 Å². The summed E-state index contributed by atoms with van der Waals surface area (Å²) in [6, 6.07) is 7.58. The molecule has 0 saturated carbocycles. The zero-order valence-corrected chi connectivity index (χ0v) is 13.2.